The van der Waals surface area contributed by atoms with E-state index in [0.717, 1.165) is 5.56 Å². The average Bonchev–Trinajstić information content (AvgIpc) is 3.07. The number of carbonyl (C=O) groups is 3. The third-order valence-electron chi connectivity index (χ3n) is 4.66. The van der Waals surface area contributed by atoms with Crippen LogP contribution in [-0.2, 0) is 9.59 Å². The second-order valence-corrected chi connectivity index (χ2v) is 6.21. The van der Waals surface area contributed by atoms with Crippen LogP contribution in [0, 0.1) is 0 Å². The summed E-state index contributed by atoms with van der Waals surface area (Å²) < 4.78 is 0. The molecule has 24 heavy (non-hydrogen) atoms. The lowest BCUT2D eigenvalue weighted by molar-refractivity contribution is -0.148. The van der Waals surface area contributed by atoms with Crippen LogP contribution in [0.5, 0.6) is 0 Å². The molecule has 2 fully saturated rings. The van der Waals surface area contributed by atoms with Gasteiger partial charge in [0.2, 0.25) is 5.91 Å². The second-order valence-electron chi connectivity index (χ2n) is 6.21. The van der Waals surface area contributed by atoms with Crippen LogP contribution >= 0.6 is 0 Å². The molecular formula is C17H21N3O4. The Balaban J connectivity index is 1.58. The monoisotopic (exact) mass is 331 g/mol. The van der Waals surface area contributed by atoms with E-state index in [4.69, 9.17) is 5.11 Å². The fraction of sp³-hybridized carbons (Fsp3) is 0.471. The molecule has 0 saturated carbocycles. The van der Waals surface area contributed by atoms with Gasteiger partial charge in [-0.05, 0) is 24.8 Å². The summed E-state index contributed by atoms with van der Waals surface area (Å²) in [4.78, 5) is 38.7. The van der Waals surface area contributed by atoms with Gasteiger partial charge in [-0.25, -0.2) is 9.59 Å². The Morgan fingerprint density at radius 2 is 1.92 bits per heavy atom. The van der Waals surface area contributed by atoms with Crippen LogP contribution in [0.15, 0.2) is 30.3 Å². The first kappa shape index (κ1) is 16.3. The highest BCUT2D eigenvalue weighted by Gasteiger charge is 2.36. The molecule has 0 bridgehead atoms. The van der Waals surface area contributed by atoms with Crippen molar-refractivity contribution in [3.05, 3.63) is 35.9 Å². The molecule has 2 saturated heterocycles. The number of likely N-dealkylation sites (tertiary alicyclic amines) is 1. The normalized spacial score (nSPS) is 23.9. The Hall–Kier alpha value is -2.57. The van der Waals surface area contributed by atoms with Crippen LogP contribution in [0.25, 0.3) is 0 Å². The maximum Gasteiger partial charge on any atom is 0.326 e. The van der Waals surface area contributed by atoms with Gasteiger partial charge in [0.1, 0.15) is 12.6 Å². The van der Waals surface area contributed by atoms with Crippen LogP contribution in [0.3, 0.4) is 0 Å². The van der Waals surface area contributed by atoms with E-state index >= 15 is 0 Å². The first-order chi connectivity index (χ1) is 11.6. The first-order valence-electron chi connectivity index (χ1n) is 8.19. The quantitative estimate of drug-likeness (QED) is 0.868. The van der Waals surface area contributed by atoms with Crippen molar-refractivity contribution in [1.82, 2.24) is 15.1 Å². The molecule has 1 aromatic carbocycles. The molecule has 0 aromatic heterocycles. The van der Waals surface area contributed by atoms with E-state index in [1.165, 1.54) is 9.80 Å². The number of nitrogens with zero attached hydrogens (tertiary/aromatic N) is 2. The lowest BCUT2D eigenvalue weighted by Gasteiger charge is -2.34. The summed E-state index contributed by atoms with van der Waals surface area (Å²) in [5.74, 6) is -1.28. The highest BCUT2D eigenvalue weighted by atomic mass is 16.4. The summed E-state index contributed by atoms with van der Waals surface area (Å²) in [5, 5.41) is 12.1. The van der Waals surface area contributed by atoms with Crippen LogP contribution in [0.2, 0.25) is 0 Å². The molecule has 2 heterocycles. The van der Waals surface area contributed by atoms with Crippen LogP contribution in [0.4, 0.5) is 4.79 Å². The van der Waals surface area contributed by atoms with Crippen molar-refractivity contribution in [3.8, 4) is 0 Å². The smallest absolute Gasteiger partial charge is 0.326 e. The van der Waals surface area contributed by atoms with E-state index in [9.17, 15) is 14.4 Å². The minimum Gasteiger partial charge on any atom is -0.480 e. The minimum absolute atomic E-state index is 0.0522. The number of carboxylic acid groups (broad SMARTS) is 1. The Morgan fingerprint density at radius 3 is 2.58 bits per heavy atom. The van der Waals surface area contributed by atoms with Crippen molar-refractivity contribution in [2.75, 3.05) is 19.6 Å². The molecular weight excluding hydrogens is 310 g/mol. The number of amides is 3. The van der Waals surface area contributed by atoms with Crippen molar-refractivity contribution in [3.63, 3.8) is 0 Å². The highest BCUT2D eigenvalue weighted by molar-refractivity contribution is 5.88. The molecule has 1 unspecified atom stereocenters. The van der Waals surface area contributed by atoms with Gasteiger partial charge < -0.3 is 20.2 Å². The van der Waals surface area contributed by atoms with Gasteiger partial charge in [-0.1, -0.05) is 30.3 Å². The molecule has 2 aliphatic rings. The number of hydrogen-bond donors (Lipinski definition) is 2. The summed E-state index contributed by atoms with van der Waals surface area (Å²) in [6.45, 7) is 0.845. The van der Waals surface area contributed by atoms with E-state index in [1.54, 1.807) is 0 Å². The van der Waals surface area contributed by atoms with Crippen molar-refractivity contribution < 1.29 is 19.5 Å². The minimum atomic E-state index is -0.979. The molecule has 2 atom stereocenters. The van der Waals surface area contributed by atoms with Crippen molar-refractivity contribution in [2.45, 2.75) is 31.3 Å². The van der Waals surface area contributed by atoms with Crippen molar-refractivity contribution >= 4 is 17.9 Å². The Bertz CT molecular complexity index is 634. The summed E-state index contributed by atoms with van der Waals surface area (Å²) in [5.41, 5.74) is 1.04. The number of benzene rings is 1. The third kappa shape index (κ3) is 3.34. The summed E-state index contributed by atoms with van der Waals surface area (Å²) in [6, 6.07) is 8.61. The molecule has 0 radical (unpaired) electrons. The van der Waals surface area contributed by atoms with E-state index in [-0.39, 0.29) is 24.5 Å². The topological polar surface area (TPSA) is 89.9 Å². The molecule has 128 valence electrons. The maximum atomic E-state index is 12.4. The van der Waals surface area contributed by atoms with Crippen molar-refractivity contribution in [2.24, 2.45) is 0 Å². The maximum absolute atomic E-state index is 12.4. The molecule has 2 aliphatic heterocycles. The lowest BCUT2D eigenvalue weighted by Crippen LogP contribution is -2.53. The van der Waals surface area contributed by atoms with Gasteiger partial charge >= 0.3 is 12.0 Å². The number of hydrogen-bond acceptors (Lipinski definition) is 3. The van der Waals surface area contributed by atoms with Crippen LogP contribution in [-0.4, -0.2) is 58.5 Å². The zero-order chi connectivity index (χ0) is 17.1. The Kier molecular flexibility index (Phi) is 4.69. The average molecular weight is 331 g/mol. The van der Waals surface area contributed by atoms with Gasteiger partial charge in [-0.3, -0.25) is 4.79 Å². The van der Waals surface area contributed by atoms with Crippen molar-refractivity contribution in [1.29, 1.82) is 0 Å². The Morgan fingerprint density at radius 1 is 1.17 bits per heavy atom. The third-order valence-corrected chi connectivity index (χ3v) is 4.66. The zero-order valence-electron chi connectivity index (χ0n) is 13.4. The number of aliphatic carboxylic acids is 1. The molecule has 1 aromatic rings. The molecule has 0 aliphatic carbocycles. The fourth-order valence-electron chi connectivity index (χ4n) is 3.36. The van der Waals surface area contributed by atoms with Crippen LogP contribution < -0.4 is 5.32 Å². The predicted molar refractivity (Wildman–Crippen MR) is 86.3 cm³/mol. The second kappa shape index (κ2) is 6.90. The first-order valence-corrected chi connectivity index (χ1v) is 8.19. The largest absolute Gasteiger partial charge is 0.480 e. The van der Waals surface area contributed by atoms with Crippen LogP contribution in [0.1, 0.15) is 30.9 Å². The van der Waals surface area contributed by atoms with Gasteiger partial charge in [-0.2, -0.15) is 0 Å². The Labute approximate surface area is 140 Å². The molecule has 7 heteroatoms. The van der Waals surface area contributed by atoms with Gasteiger partial charge in [0, 0.05) is 13.1 Å². The van der Waals surface area contributed by atoms with Gasteiger partial charge in [0.05, 0.1) is 6.04 Å². The number of carboxylic acids is 1. The standard InChI is InChI=1S/C17H21N3O4/c21-15(20-9-4-7-14(20)16(22)23)11-19-10-8-13(18-17(19)24)12-5-2-1-3-6-12/h1-3,5-6,13-14H,4,7-11H2,(H,18,24)(H,22,23)/t13?,14-/m1/s1. The number of urea groups is 1. The zero-order valence-corrected chi connectivity index (χ0v) is 13.4. The summed E-state index contributed by atoms with van der Waals surface area (Å²) >= 11 is 0. The van der Waals surface area contributed by atoms with Gasteiger partial charge in [-0.15, -0.1) is 0 Å². The van der Waals surface area contributed by atoms with E-state index in [0.29, 0.717) is 32.4 Å². The molecule has 0 spiro atoms. The van der Waals surface area contributed by atoms with Gasteiger partial charge in [0.15, 0.2) is 0 Å². The van der Waals surface area contributed by atoms with E-state index in [1.807, 2.05) is 30.3 Å². The molecule has 3 rings (SSSR count). The predicted octanol–water partition coefficient (Wildman–Crippen LogP) is 1.22. The molecule has 7 nitrogen and oxygen atoms in total. The van der Waals surface area contributed by atoms with E-state index in [2.05, 4.69) is 5.32 Å². The van der Waals surface area contributed by atoms with E-state index < -0.39 is 12.0 Å². The summed E-state index contributed by atoms with van der Waals surface area (Å²) in [6.07, 6.45) is 1.87. The number of nitrogens with one attached hydrogen (secondary N) is 1. The molecule has 3 amide bonds. The van der Waals surface area contributed by atoms with Gasteiger partial charge in [0.25, 0.3) is 0 Å². The fourth-order valence-corrected chi connectivity index (χ4v) is 3.36. The number of rotatable bonds is 4. The SMILES string of the molecule is O=C(O)[C@H]1CCCN1C(=O)CN1CCC(c2ccccc2)NC1=O. The lowest BCUT2D eigenvalue weighted by atomic mass is 10.0. The number of carbonyl (C=O) groups excluding carboxylic acids is 2. The highest BCUT2D eigenvalue weighted by Crippen LogP contribution is 2.22. The molecule has 2 N–H and O–H groups in total. The summed E-state index contributed by atoms with van der Waals surface area (Å²) in [7, 11) is 0.